The van der Waals surface area contributed by atoms with Gasteiger partial charge in [0, 0.05) is 17.7 Å². The third kappa shape index (κ3) is 1.51. The van der Waals surface area contributed by atoms with Crippen LogP contribution >= 0.6 is 0 Å². The molecule has 1 aromatic rings. The molecular weight excluding hydrogens is 230 g/mol. The van der Waals surface area contributed by atoms with E-state index in [1.165, 1.54) is 12.1 Å². The van der Waals surface area contributed by atoms with Crippen molar-refractivity contribution in [2.75, 3.05) is 5.73 Å². The Morgan fingerprint density at radius 2 is 2.06 bits per heavy atom. The predicted octanol–water partition coefficient (Wildman–Crippen LogP) is 0.719. The van der Waals surface area contributed by atoms with Gasteiger partial charge in [-0.05, 0) is 17.7 Å². The van der Waals surface area contributed by atoms with E-state index in [-0.39, 0.29) is 12.0 Å². The molecular formula is C10H11NO4S. The molecule has 0 aromatic heterocycles. The van der Waals surface area contributed by atoms with Crippen molar-refractivity contribution in [1.82, 2.24) is 0 Å². The highest BCUT2D eigenvalue weighted by Crippen LogP contribution is 2.38. The summed E-state index contributed by atoms with van der Waals surface area (Å²) in [6.07, 6.45) is 2.98. The fourth-order valence-electron chi connectivity index (χ4n) is 1.76. The minimum Gasteiger partial charge on any atom is -0.399 e. The number of anilines is 1. The largest absolute Gasteiger partial charge is 0.399 e. The Morgan fingerprint density at radius 1 is 1.38 bits per heavy atom. The lowest BCUT2D eigenvalue weighted by Gasteiger charge is -2.28. The zero-order valence-corrected chi connectivity index (χ0v) is 9.11. The fraction of sp³-hybridized carbons (Fsp3) is 0.200. The zero-order chi connectivity index (χ0) is 12.0. The highest BCUT2D eigenvalue weighted by molar-refractivity contribution is 7.86. The number of hydrogen-bond acceptors (Lipinski definition) is 4. The third-order valence-corrected chi connectivity index (χ3v) is 3.86. The molecule has 1 aromatic carbocycles. The maximum absolute atomic E-state index is 11.2. The van der Waals surface area contributed by atoms with Crippen molar-refractivity contribution in [3.63, 3.8) is 0 Å². The van der Waals surface area contributed by atoms with Gasteiger partial charge < -0.3 is 10.8 Å². The van der Waals surface area contributed by atoms with Crippen molar-refractivity contribution in [2.45, 2.75) is 11.4 Å². The molecule has 5 nitrogen and oxygen atoms in total. The summed E-state index contributed by atoms with van der Waals surface area (Å²) in [4.78, 5) is -2.30. The van der Waals surface area contributed by atoms with Crippen LogP contribution in [-0.4, -0.2) is 18.1 Å². The summed E-state index contributed by atoms with van der Waals surface area (Å²) in [7, 11) is -4.61. The van der Waals surface area contributed by atoms with Gasteiger partial charge in [0.2, 0.25) is 4.93 Å². The molecule has 6 heteroatoms. The van der Waals surface area contributed by atoms with Crippen LogP contribution in [0, 0.1) is 0 Å². The van der Waals surface area contributed by atoms with Gasteiger partial charge in [0.15, 0.2) is 0 Å². The molecule has 0 radical (unpaired) electrons. The molecule has 0 bridgehead atoms. The Bertz CT molecular complexity index is 564. The zero-order valence-electron chi connectivity index (χ0n) is 8.29. The van der Waals surface area contributed by atoms with Gasteiger partial charge in [0.1, 0.15) is 0 Å². The Kier molecular flexibility index (Phi) is 2.30. The average Bonchev–Trinajstić information content (AvgIpc) is 2.18. The van der Waals surface area contributed by atoms with E-state index in [0.717, 1.165) is 0 Å². The summed E-state index contributed by atoms with van der Waals surface area (Å²) >= 11 is 0. The van der Waals surface area contributed by atoms with Gasteiger partial charge in [0.25, 0.3) is 10.1 Å². The second kappa shape index (κ2) is 3.31. The van der Waals surface area contributed by atoms with Crippen LogP contribution in [0.1, 0.15) is 17.5 Å². The molecule has 1 aliphatic rings. The second-order valence-corrected chi connectivity index (χ2v) is 5.34. The Balaban J connectivity index is 2.73. The predicted molar refractivity (Wildman–Crippen MR) is 60.0 cm³/mol. The Hall–Kier alpha value is -1.37. The molecule has 2 rings (SSSR count). The first-order chi connectivity index (χ1) is 7.34. The van der Waals surface area contributed by atoms with Crippen LogP contribution in [-0.2, 0) is 15.1 Å². The van der Waals surface area contributed by atoms with Crippen molar-refractivity contribution >= 4 is 21.9 Å². The van der Waals surface area contributed by atoms with Gasteiger partial charge in [-0.2, -0.15) is 8.42 Å². The first kappa shape index (κ1) is 11.1. The van der Waals surface area contributed by atoms with Crippen molar-refractivity contribution < 1.29 is 18.1 Å². The minimum atomic E-state index is -4.61. The van der Waals surface area contributed by atoms with Crippen molar-refractivity contribution in [1.29, 1.82) is 0 Å². The van der Waals surface area contributed by atoms with Gasteiger partial charge in [-0.15, -0.1) is 0 Å². The summed E-state index contributed by atoms with van der Waals surface area (Å²) in [5.74, 6) is 0. The molecule has 0 heterocycles. The molecule has 0 aliphatic heterocycles. The van der Waals surface area contributed by atoms with Gasteiger partial charge in [0.05, 0.1) is 0 Å². The van der Waals surface area contributed by atoms with Gasteiger partial charge in [-0.25, -0.2) is 0 Å². The number of benzene rings is 1. The summed E-state index contributed by atoms with van der Waals surface area (Å²) < 4.78 is 31.5. The molecule has 0 amide bonds. The van der Waals surface area contributed by atoms with Crippen molar-refractivity contribution in [2.24, 2.45) is 0 Å². The standard InChI is InChI=1S/C10H11NO4S/c11-8-4-3-7-2-1-5-10(12,9(7)6-8)16(13,14)15/h1-4,6,12H,5,11H2,(H,13,14,15). The Labute approximate surface area is 93.0 Å². The summed E-state index contributed by atoms with van der Waals surface area (Å²) in [5.41, 5.74) is 6.50. The van der Waals surface area contributed by atoms with Crippen LogP contribution in [0.4, 0.5) is 5.69 Å². The van der Waals surface area contributed by atoms with Crippen molar-refractivity contribution in [3.05, 3.63) is 35.4 Å². The molecule has 0 spiro atoms. The van der Waals surface area contributed by atoms with Crippen molar-refractivity contribution in [3.8, 4) is 0 Å². The third-order valence-electron chi connectivity index (χ3n) is 2.62. The number of nitrogens with two attached hydrogens (primary N) is 1. The lowest BCUT2D eigenvalue weighted by atomic mass is 9.94. The highest BCUT2D eigenvalue weighted by atomic mass is 32.2. The molecule has 1 atom stereocenters. The molecule has 16 heavy (non-hydrogen) atoms. The normalized spacial score (nSPS) is 24.1. The Morgan fingerprint density at radius 3 is 2.69 bits per heavy atom. The summed E-state index contributed by atoms with van der Waals surface area (Å²) in [6.45, 7) is 0. The van der Waals surface area contributed by atoms with Crippen LogP contribution < -0.4 is 5.73 Å². The molecule has 1 unspecified atom stereocenters. The van der Waals surface area contributed by atoms with E-state index in [1.807, 2.05) is 0 Å². The number of fused-ring (bicyclic) bond motifs is 1. The minimum absolute atomic E-state index is 0.109. The molecule has 1 aliphatic carbocycles. The molecule has 4 N–H and O–H groups in total. The first-order valence-electron chi connectivity index (χ1n) is 4.60. The maximum atomic E-state index is 11.2. The van der Waals surface area contributed by atoms with E-state index < -0.39 is 15.1 Å². The molecule has 0 fully saturated rings. The van der Waals surface area contributed by atoms with E-state index >= 15 is 0 Å². The second-order valence-electron chi connectivity index (χ2n) is 3.71. The van der Waals surface area contributed by atoms with Gasteiger partial charge >= 0.3 is 0 Å². The fourth-order valence-corrected chi connectivity index (χ4v) is 2.52. The topological polar surface area (TPSA) is 101 Å². The van der Waals surface area contributed by atoms with Crippen LogP contribution in [0.5, 0.6) is 0 Å². The summed E-state index contributed by atoms with van der Waals surface area (Å²) in [6, 6.07) is 4.54. The van der Waals surface area contributed by atoms with E-state index in [2.05, 4.69) is 0 Å². The van der Waals surface area contributed by atoms with Crippen LogP contribution in [0.25, 0.3) is 6.08 Å². The first-order valence-corrected chi connectivity index (χ1v) is 6.04. The van der Waals surface area contributed by atoms with Crippen LogP contribution in [0.2, 0.25) is 0 Å². The average molecular weight is 241 g/mol. The molecule has 86 valence electrons. The number of aliphatic hydroxyl groups is 1. The molecule has 0 saturated heterocycles. The van der Waals surface area contributed by atoms with Crippen LogP contribution in [0.15, 0.2) is 24.3 Å². The highest BCUT2D eigenvalue weighted by Gasteiger charge is 2.44. The van der Waals surface area contributed by atoms with Gasteiger partial charge in [-0.3, -0.25) is 4.55 Å². The number of hydrogen-bond donors (Lipinski definition) is 3. The number of nitrogen functional groups attached to an aromatic ring is 1. The summed E-state index contributed by atoms with van der Waals surface area (Å²) in [5, 5.41) is 10.0. The quantitative estimate of drug-likeness (QED) is 0.497. The van der Waals surface area contributed by atoms with E-state index in [0.29, 0.717) is 11.3 Å². The monoisotopic (exact) mass is 241 g/mol. The molecule has 0 saturated carbocycles. The van der Waals surface area contributed by atoms with E-state index in [9.17, 15) is 13.5 Å². The number of rotatable bonds is 1. The van der Waals surface area contributed by atoms with Gasteiger partial charge in [-0.1, -0.05) is 18.2 Å². The SMILES string of the molecule is Nc1ccc2c(c1)C(O)(S(=O)(=O)O)CC=C2. The smallest absolute Gasteiger partial charge is 0.299 e. The lowest BCUT2D eigenvalue weighted by Crippen LogP contribution is -2.36. The maximum Gasteiger partial charge on any atom is 0.299 e. The van der Waals surface area contributed by atoms with E-state index in [1.54, 1.807) is 18.2 Å². The van der Waals surface area contributed by atoms with E-state index in [4.69, 9.17) is 10.3 Å². The lowest BCUT2D eigenvalue weighted by molar-refractivity contribution is 0.114. The van der Waals surface area contributed by atoms with Crippen LogP contribution in [0.3, 0.4) is 0 Å².